The highest BCUT2D eigenvalue weighted by molar-refractivity contribution is 5.95. The third-order valence-corrected chi connectivity index (χ3v) is 3.93. The van der Waals surface area contributed by atoms with Crippen LogP contribution in [-0.2, 0) is 11.3 Å². The van der Waals surface area contributed by atoms with E-state index in [0.717, 1.165) is 11.3 Å². The van der Waals surface area contributed by atoms with Crippen molar-refractivity contribution < 1.29 is 14.3 Å². The molecule has 0 bridgehead atoms. The predicted molar refractivity (Wildman–Crippen MR) is 94.0 cm³/mol. The fourth-order valence-corrected chi connectivity index (χ4v) is 2.60. The molecule has 0 fully saturated rings. The number of carbonyl (C=O) groups excluding carboxylic acids is 2. The van der Waals surface area contributed by atoms with E-state index in [1.165, 1.54) is 12.3 Å². The maximum Gasteiger partial charge on any atom is 0.252 e. The van der Waals surface area contributed by atoms with E-state index in [1.54, 1.807) is 30.3 Å². The van der Waals surface area contributed by atoms with Gasteiger partial charge in [0.2, 0.25) is 5.91 Å². The van der Waals surface area contributed by atoms with Crippen molar-refractivity contribution in [2.75, 3.05) is 20.2 Å². The number of aromatic nitrogens is 1. The van der Waals surface area contributed by atoms with E-state index in [-0.39, 0.29) is 11.8 Å². The van der Waals surface area contributed by atoms with Gasteiger partial charge in [0.1, 0.15) is 12.4 Å². The number of pyridine rings is 1. The highest BCUT2D eigenvalue weighted by Gasteiger charge is 2.17. The molecule has 0 radical (unpaired) electrons. The van der Waals surface area contributed by atoms with Gasteiger partial charge in [-0.15, -0.1) is 0 Å². The zero-order valence-electron chi connectivity index (χ0n) is 13.9. The maximum absolute atomic E-state index is 12.5. The van der Waals surface area contributed by atoms with E-state index in [1.807, 2.05) is 24.3 Å². The predicted octanol–water partition coefficient (Wildman–Crippen LogP) is 1.88. The molecule has 128 valence electrons. The van der Waals surface area contributed by atoms with Crippen LogP contribution in [0.5, 0.6) is 5.75 Å². The summed E-state index contributed by atoms with van der Waals surface area (Å²) in [6.07, 6.45) is 6.26. The van der Waals surface area contributed by atoms with Crippen molar-refractivity contribution >= 4 is 17.9 Å². The zero-order chi connectivity index (χ0) is 17.6. The molecule has 3 rings (SSSR count). The van der Waals surface area contributed by atoms with Crippen molar-refractivity contribution in [3.8, 4) is 5.75 Å². The number of hydrogen-bond donors (Lipinski definition) is 1. The number of fused-ring (bicyclic) bond motifs is 1. The zero-order valence-corrected chi connectivity index (χ0v) is 13.9. The van der Waals surface area contributed by atoms with Gasteiger partial charge in [0, 0.05) is 37.6 Å². The molecule has 6 nitrogen and oxygen atoms in total. The van der Waals surface area contributed by atoms with Crippen molar-refractivity contribution in [3.63, 3.8) is 0 Å². The molecule has 6 heteroatoms. The van der Waals surface area contributed by atoms with Crippen LogP contribution in [0.2, 0.25) is 0 Å². The molecule has 2 amide bonds. The summed E-state index contributed by atoms with van der Waals surface area (Å²) >= 11 is 0. The molecule has 0 spiro atoms. The monoisotopic (exact) mass is 337 g/mol. The minimum Gasteiger partial charge on any atom is -0.491 e. The van der Waals surface area contributed by atoms with Gasteiger partial charge in [-0.2, -0.15) is 0 Å². The lowest BCUT2D eigenvalue weighted by Crippen LogP contribution is -2.30. The summed E-state index contributed by atoms with van der Waals surface area (Å²) in [5.74, 6) is 0.505. The largest absolute Gasteiger partial charge is 0.491 e. The lowest BCUT2D eigenvalue weighted by atomic mass is 10.1. The first-order chi connectivity index (χ1) is 12.2. The van der Waals surface area contributed by atoms with Gasteiger partial charge in [0.05, 0.1) is 12.1 Å². The Bertz CT molecular complexity index is 817. The summed E-state index contributed by atoms with van der Waals surface area (Å²) in [5, 5.41) is 2.55. The molecular weight excluding hydrogens is 318 g/mol. The Morgan fingerprint density at radius 1 is 1.28 bits per heavy atom. The second-order valence-electron chi connectivity index (χ2n) is 5.64. The Morgan fingerprint density at radius 2 is 2.12 bits per heavy atom. The third-order valence-electron chi connectivity index (χ3n) is 3.93. The molecule has 0 unspecified atom stereocenters. The molecule has 1 aromatic heterocycles. The smallest absolute Gasteiger partial charge is 0.252 e. The van der Waals surface area contributed by atoms with Crippen LogP contribution in [0.3, 0.4) is 0 Å². The molecule has 1 aliphatic heterocycles. The van der Waals surface area contributed by atoms with Crippen LogP contribution in [0, 0.1) is 0 Å². The Hall–Kier alpha value is -3.15. The quantitative estimate of drug-likeness (QED) is 0.868. The molecule has 1 aromatic carbocycles. The Labute approximate surface area is 146 Å². The highest BCUT2D eigenvalue weighted by atomic mass is 16.5. The van der Waals surface area contributed by atoms with Crippen molar-refractivity contribution in [1.29, 1.82) is 0 Å². The lowest BCUT2D eigenvalue weighted by molar-refractivity contribution is -0.126. The average molecular weight is 337 g/mol. The topological polar surface area (TPSA) is 71.5 Å². The number of amides is 2. The lowest BCUT2D eigenvalue weighted by Gasteiger charge is -2.17. The number of nitrogens with one attached hydrogen (secondary N) is 1. The van der Waals surface area contributed by atoms with Crippen LogP contribution in [0.25, 0.3) is 6.08 Å². The molecule has 1 N–H and O–H groups in total. The summed E-state index contributed by atoms with van der Waals surface area (Å²) in [6.45, 7) is 1.49. The summed E-state index contributed by atoms with van der Waals surface area (Å²) in [5.41, 5.74) is 2.14. The molecule has 1 aliphatic rings. The van der Waals surface area contributed by atoms with Crippen molar-refractivity contribution in [2.24, 2.45) is 0 Å². The minimum absolute atomic E-state index is 0.106. The van der Waals surface area contributed by atoms with E-state index < -0.39 is 0 Å². The normalized spacial score (nSPS) is 13.7. The Kier molecular flexibility index (Phi) is 5.09. The highest BCUT2D eigenvalue weighted by Crippen LogP contribution is 2.22. The van der Waals surface area contributed by atoms with E-state index >= 15 is 0 Å². The van der Waals surface area contributed by atoms with Crippen LogP contribution in [0.15, 0.2) is 48.8 Å². The first-order valence-electron chi connectivity index (χ1n) is 8.02. The molecule has 2 heterocycles. The number of rotatable bonds is 3. The number of para-hydroxylation sites is 1. The second kappa shape index (κ2) is 7.61. The molecule has 0 saturated carbocycles. The maximum atomic E-state index is 12.5. The molecule has 0 atom stereocenters. The fourth-order valence-electron chi connectivity index (χ4n) is 2.60. The number of nitrogens with zero attached hydrogens (tertiary/aromatic N) is 2. The average Bonchev–Trinajstić information content (AvgIpc) is 2.88. The van der Waals surface area contributed by atoms with Crippen LogP contribution < -0.4 is 10.1 Å². The van der Waals surface area contributed by atoms with Gasteiger partial charge in [0.15, 0.2) is 0 Å². The number of ether oxygens (including phenoxy) is 1. The standard InChI is InChI=1S/C19H19N3O3/c1-20-19(24)16-10-14(11-21-12-16)6-7-18(23)22-8-9-25-17-5-3-2-4-15(17)13-22/h2-7,10-12H,8-9,13H2,1H3,(H,20,24)/b7-6-. The van der Waals surface area contributed by atoms with Gasteiger partial charge in [-0.1, -0.05) is 18.2 Å². The SMILES string of the molecule is CNC(=O)c1cncc(/C=C\C(=O)N2CCOc3ccccc3C2)c1. The summed E-state index contributed by atoms with van der Waals surface area (Å²) in [4.78, 5) is 29.9. The van der Waals surface area contributed by atoms with Crippen molar-refractivity contribution in [1.82, 2.24) is 15.2 Å². The van der Waals surface area contributed by atoms with E-state index in [2.05, 4.69) is 10.3 Å². The Morgan fingerprint density at radius 3 is 2.96 bits per heavy atom. The summed E-state index contributed by atoms with van der Waals surface area (Å²) in [6, 6.07) is 9.41. The van der Waals surface area contributed by atoms with Gasteiger partial charge in [-0.3, -0.25) is 14.6 Å². The van der Waals surface area contributed by atoms with E-state index in [0.29, 0.717) is 30.8 Å². The number of benzene rings is 1. The molecule has 25 heavy (non-hydrogen) atoms. The van der Waals surface area contributed by atoms with E-state index in [9.17, 15) is 9.59 Å². The Balaban J connectivity index is 1.72. The van der Waals surface area contributed by atoms with Crippen molar-refractivity contribution in [2.45, 2.75) is 6.54 Å². The molecule has 0 saturated heterocycles. The van der Waals surface area contributed by atoms with Crippen molar-refractivity contribution in [3.05, 3.63) is 65.5 Å². The van der Waals surface area contributed by atoms with Gasteiger partial charge >= 0.3 is 0 Å². The first kappa shape index (κ1) is 16.7. The van der Waals surface area contributed by atoms with Gasteiger partial charge < -0.3 is 15.0 Å². The molecule has 0 aliphatic carbocycles. The third kappa shape index (κ3) is 4.03. The number of carbonyl (C=O) groups is 2. The molecular formula is C19H19N3O3. The van der Waals surface area contributed by atoms with Crippen LogP contribution >= 0.6 is 0 Å². The van der Waals surface area contributed by atoms with Crippen LogP contribution in [0.1, 0.15) is 21.5 Å². The minimum atomic E-state index is -0.213. The second-order valence-corrected chi connectivity index (χ2v) is 5.64. The summed E-state index contributed by atoms with van der Waals surface area (Å²) in [7, 11) is 1.56. The van der Waals surface area contributed by atoms with Gasteiger partial charge in [-0.05, 0) is 23.8 Å². The summed E-state index contributed by atoms with van der Waals surface area (Å²) < 4.78 is 5.67. The number of hydrogen-bond acceptors (Lipinski definition) is 4. The fraction of sp³-hybridized carbons (Fsp3) is 0.211. The molecule has 2 aromatic rings. The van der Waals surface area contributed by atoms with Gasteiger partial charge in [-0.25, -0.2) is 0 Å². The van der Waals surface area contributed by atoms with E-state index in [4.69, 9.17) is 4.74 Å². The first-order valence-corrected chi connectivity index (χ1v) is 8.02. The van der Waals surface area contributed by atoms with Crippen LogP contribution in [0.4, 0.5) is 0 Å². The van der Waals surface area contributed by atoms with Crippen LogP contribution in [-0.4, -0.2) is 41.9 Å². The van der Waals surface area contributed by atoms with Gasteiger partial charge in [0.25, 0.3) is 5.91 Å².